The summed E-state index contributed by atoms with van der Waals surface area (Å²) in [7, 11) is 0. The number of hydrogen-bond acceptors (Lipinski definition) is 4. The van der Waals surface area contributed by atoms with Gasteiger partial charge in [0.25, 0.3) is 0 Å². The molecule has 4 aliphatic rings. The van der Waals surface area contributed by atoms with Crippen LogP contribution in [0.2, 0.25) is 0 Å². The lowest BCUT2D eigenvalue weighted by atomic mass is 9.49. The SMILES string of the molecule is CCOc1ccccc1OCCn1c(CCNC(=O)C23CC4CC(CC(C4)C2)C3)nc2ccccc21. The molecule has 190 valence electrons. The maximum Gasteiger partial charge on any atom is 0.226 e. The van der Waals surface area contributed by atoms with Gasteiger partial charge in [-0.2, -0.15) is 0 Å². The van der Waals surface area contributed by atoms with Gasteiger partial charge in [0.05, 0.1) is 24.2 Å². The summed E-state index contributed by atoms with van der Waals surface area (Å²) < 4.78 is 14.0. The second-order valence-electron chi connectivity index (χ2n) is 11.1. The van der Waals surface area contributed by atoms with Crippen molar-refractivity contribution in [3.63, 3.8) is 0 Å². The molecule has 1 aromatic heterocycles. The zero-order valence-corrected chi connectivity index (χ0v) is 21.2. The fraction of sp³-hybridized carbons (Fsp3) is 0.533. The number of hydrogen-bond donors (Lipinski definition) is 1. The van der Waals surface area contributed by atoms with Gasteiger partial charge in [-0.15, -0.1) is 0 Å². The van der Waals surface area contributed by atoms with Crippen molar-refractivity contribution in [1.29, 1.82) is 0 Å². The summed E-state index contributed by atoms with van der Waals surface area (Å²) in [5.74, 6) is 5.14. The van der Waals surface area contributed by atoms with Gasteiger partial charge in [-0.1, -0.05) is 24.3 Å². The Morgan fingerprint density at radius 2 is 1.61 bits per heavy atom. The number of benzene rings is 2. The highest BCUT2D eigenvalue weighted by molar-refractivity contribution is 5.83. The van der Waals surface area contributed by atoms with Gasteiger partial charge in [-0.25, -0.2) is 4.98 Å². The number of nitrogens with one attached hydrogen (secondary N) is 1. The van der Waals surface area contributed by atoms with Crippen molar-refractivity contribution < 1.29 is 14.3 Å². The average Bonchev–Trinajstić information content (AvgIpc) is 3.22. The summed E-state index contributed by atoms with van der Waals surface area (Å²) in [5, 5.41) is 3.32. The van der Waals surface area contributed by atoms with E-state index < -0.39 is 0 Å². The largest absolute Gasteiger partial charge is 0.490 e. The fourth-order valence-electron chi connectivity index (χ4n) is 7.52. The molecule has 36 heavy (non-hydrogen) atoms. The Bertz CT molecular complexity index is 1200. The van der Waals surface area contributed by atoms with Crippen molar-refractivity contribution in [2.45, 2.75) is 58.4 Å². The van der Waals surface area contributed by atoms with E-state index in [0.29, 0.717) is 38.6 Å². The number of nitrogens with zero attached hydrogens (tertiary/aromatic N) is 2. The molecule has 6 nitrogen and oxygen atoms in total. The molecule has 0 spiro atoms. The summed E-state index contributed by atoms with van der Waals surface area (Å²) in [4.78, 5) is 18.3. The molecule has 4 bridgehead atoms. The summed E-state index contributed by atoms with van der Waals surface area (Å²) in [6.07, 6.45) is 8.08. The normalized spacial score (nSPS) is 26.3. The first-order chi connectivity index (χ1) is 17.6. The smallest absolute Gasteiger partial charge is 0.226 e. The number of aromatic nitrogens is 2. The molecule has 7 rings (SSSR count). The molecule has 1 amide bonds. The molecule has 4 fully saturated rings. The summed E-state index contributed by atoms with van der Waals surface area (Å²) in [6.45, 7) is 4.39. The van der Waals surface area contributed by atoms with E-state index in [1.165, 1.54) is 19.3 Å². The summed E-state index contributed by atoms with van der Waals surface area (Å²) in [5.41, 5.74) is 1.98. The minimum absolute atomic E-state index is 0.101. The van der Waals surface area contributed by atoms with Crippen molar-refractivity contribution in [2.24, 2.45) is 23.2 Å². The van der Waals surface area contributed by atoms with E-state index in [-0.39, 0.29) is 5.41 Å². The van der Waals surface area contributed by atoms with Crippen LogP contribution in [0.15, 0.2) is 48.5 Å². The summed E-state index contributed by atoms with van der Waals surface area (Å²) >= 11 is 0. The van der Waals surface area contributed by atoms with Gasteiger partial charge in [0.2, 0.25) is 5.91 Å². The molecular weight excluding hydrogens is 450 g/mol. The first kappa shape index (κ1) is 23.4. The number of imidazole rings is 1. The van der Waals surface area contributed by atoms with Crippen molar-refractivity contribution in [3.05, 3.63) is 54.4 Å². The van der Waals surface area contributed by atoms with E-state index in [2.05, 4.69) is 22.0 Å². The highest BCUT2D eigenvalue weighted by Gasteiger charge is 2.54. The van der Waals surface area contributed by atoms with Crippen LogP contribution < -0.4 is 14.8 Å². The summed E-state index contributed by atoms with van der Waals surface area (Å²) in [6, 6.07) is 16.0. The Labute approximate surface area is 213 Å². The van der Waals surface area contributed by atoms with E-state index in [9.17, 15) is 4.79 Å². The zero-order chi connectivity index (χ0) is 24.5. The first-order valence-electron chi connectivity index (χ1n) is 13.7. The monoisotopic (exact) mass is 487 g/mol. The number of rotatable bonds is 10. The Hall–Kier alpha value is -3.02. The molecule has 3 aromatic rings. The molecule has 2 aromatic carbocycles. The fourth-order valence-corrected chi connectivity index (χ4v) is 7.52. The third kappa shape index (κ3) is 4.46. The lowest BCUT2D eigenvalue weighted by Crippen LogP contribution is -2.53. The average molecular weight is 488 g/mol. The van der Waals surface area contributed by atoms with Crippen LogP contribution in [0.25, 0.3) is 11.0 Å². The number of ether oxygens (including phenoxy) is 2. The van der Waals surface area contributed by atoms with Crippen LogP contribution in [0.3, 0.4) is 0 Å². The van der Waals surface area contributed by atoms with Crippen molar-refractivity contribution in [3.8, 4) is 11.5 Å². The zero-order valence-electron chi connectivity index (χ0n) is 21.2. The Morgan fingerprint density at radius 1 is 0.972 bits per heavy atom. The molecule has 0 unspecified atom stereocenters. The molecule has 1 N–H and O–H groups in total. The van der Waals surface area contributed by atoms with Crippen molar-refractivity contribution in [1.82, 2.24) is 14.9 Å². The molecule has 6 heteroatoms. The van der Waals surface area contributed by atoms with Crippen LogP contribution in [0.1, 0.15) is 51.3 Å². The number of fused-ring (bicyclic) bond motifs is 1. The lowest BCUT2D eigenvalue weighted by Gasteiger charge is -2.55. The molecule has 0 aliphatic heterocycles. The quantitative estimate of drug-likeness (QED) is 0.416. The topological polar surface area (TPSA) is 65.4 Å². The predicted molar refractivity (Wildman–Crippen MR) is 140 cm³/mol. The standard InChI is InChI=1S/C30H37N3O3/c1-2-35-26-9-5-6-10-27(26)36-14-13-33-25-8-4-3-7-24(25)32-28(33)11-12-31-29(34)30-18-21-15-22(19-30)17-23(16-21)20-30/h3-10,21-23H,2,11-20H2,1H3,(H,31,34). The molecule has 4 aliphatic carbocycles. The highest BCUT2D eigenvalue weighted by atomic mass is 16.5. The number of carbonyl (C=O) groups excluding carboxylic acids is 1. The maximum atomic E-state index is 13.4. The number of para-hydroxylation sites is 4. The molecule has 0 radical (unpaired) electrons. The third-order valence-electron chi connectivity index (χ3n) is 8.61. The van der Waals surface area contributed by atoms with Crippen LogP contribution in [0, 0.1) is 23.2 Å². The van der Waals surface area contributed by atoms with E-state index >= 15 is 0 Å². The molecular formula is C30H37N3O3. The van der Waals surface area contributed by atoms with Gasteiger partial charge in [0, 0.05) is 18.4 Å². The van der Waals surface area contributed by atoms with Crippen molar-refractivity contribution >= 4 is 16.9 Å². The van der Waals surface area contributed by atoms with Crippen molar-refractivity contribution in [2.75, 3.05) is 19.8 Å². The van der Waals surface area contributed by atoms with Gasteiger partial charge in [-0.3, -0.25) is 4.79 Å². The predicted octanol–water partition coefficient (Wildman–Crippen LogP) is 5.39. The molecule has 1 heterocycles. The maximum absolute atomic E-state index is 13.4. The lowest BCUT2D eigenvalue weighted by molar-refractivity contribution is -0.146. The molecule has 0 atom stereocenters. The molecule has 0 saturated heterocycles. The minimum atomic E-state index is -0.101. The van der Waals surface area contributed by atoms with Crippen LogP contribution in [0.5, 0.6) is 11.5 Å². The third-order valence-corrected chi connectivity index (χ3v) is 8.61. The van der Waals surface area contributed by atoms with Crippen LogP contribution in [0.4, 0.5) is 0 Å². The van der Waals surface area contributed by atoms with Crippen LogP contribution in [-0.2, 0) is 17.8 Å². The van der Waals surface area contributed by atoms with Gasteiger partial charge < -0.3 is 19.4 Å². The van der Waals surface area contributed by atoms with Gasteiger partial charge in [0.1, 0.15) is 12.4 Å². The minimum Gasteiger partial charge on any atom is -0.490 e. The van der Waals surface area contributed by atoms with Gasteiger partial charge in [-0.05, 0) is 87.5 Å². The van der Waals surface area contributed by atoms with Gasteiger partial charge in [0.15, 0.2) is 11.5 Å². The van der Waals surface area contributed by atoms with Crippen LogP contribution in [-0.4, -0.2) is 35.2 Å². The Balaban J connectivity index is 1.11. The van der Waals surface area contributed by atoms with Crippen LogP contribution >= 0.6 is 0 Å². The number of carbonyl (C=O) groups is 1. The molecule has 4 saturated carbocycles. The first-order valence-corrected chi connectivity index (χ1v) is 13.7. The highest BCUT2D eigenvalue weighted by Crippen LogP contribution is 2.60. The van der Waals surface area contributed by atoms with Gasteiger partial charge >= 0.3 is 0 Å². The van der Waals surface area contributed by atoms with E-state index in [4.69, 9.17) is 14.5 Å². The van der Waals surface area contributed by atoms with E-state index in [0.717, 1.165) is 65.4 Å². The Kier molecular flexibility index (Phi) is 6.36. The van der Waals surface area contributed by atoms with E-state index in [1.54, 1.807) is 0 Å². The second-order valence-corrected chi connectivity index (χ2v) is 11.1. The number of amides is 1. The van der Waals surface area contributed by atoms with E-state index in [1.807, 2.05) is 43.3 Å². The Morgan fingerprint density at radius 3 is 2.31 bits per heavy atom. The second kappa shape index (κ2) is 9.79.